The van der Waals surface area contributed by atoms with Crippen LogP contribution in [0.5, 0.6) is 17.2 Å². The second-order valence-electron chi connectivity index (χ2n) is 8.44. The molecule has 216 valence electrons. The van der Waals surface area contributed by atoms with E-state index in [1.807, 2.05) is 0 Å². The molecule has 1 heterocycles. The van der Waals surface area contributed by atoms with E-state index in [2.05, 4.69) is 0 Å². The van der Waals surface area contributed by atoms with Crippen LogP contribution in [0.3, 0.4) is 0 Å². The number of ether oxygens (including phenoxy) is 2. The predicted molar refractivity (Wildman–Crippen MR) is 141 cm³/mol. The Morgan fingerprint density at radius 2 is 1.62 bits per heavy atom. The van der Waals surface area contributed by atoms with Crippen molar-refractivity contribution in [2.75, 3.05) is 13.7 Å². The van der Waals surface area contributed by atoms with E-state index < -0.39 is 56.5 Å². The minimum atomic E-state index is -4.80. The van der Waals surface area contributed by atoms with Gasteiger partial charge < -0.3 is 9.47 Å². The smallest absolute Gasteiger partial charge is 0.416 e. The molecule has 0 bridgehead atoms. The van der Waals surface area contributed by atoms with E-state index in [4.69, 9.17) is 9.47 Å². The third kappa shape index (κ3) is 6.38. The van der Waals surface area contributed by atoms with Gasteiger partial charge in [-0.2, -0.15) is 13.2 Å². The molecule has 1 aliphatic heterocycles. The number of rotatable bonds is 9. The van der Waals surface area contributed by atoms with Crippen LogP contribution in [0.2, 0.25) is 0 Å². The number of non-ortho nitro benzene ring substituents is 1. The third-order valence-electron chi connectivity index (χ3n) is 5.76. The highest BCUT2D eigenvalue weighted by Gasteiger charge is 2.37. The van der Waals surface area contributed by atoms with E-state index in [1.165, 1.54) is 43.5 Å². The summed E-state index contributed by atoms with van der Waals surface area (Å²) in [5.41, 5.74) is -1.99. The summed E-state index contributed by atoms with van der Waals surface area (Å²) >= 11 is 0.567. The topological polar surface area (TPSA) is 159 Å². The van der Waals surface area contributed by atoms with Gasteiger partial charge in [0.25, 0.3) is 16.8 Å². The van der Waals surface area contributed by atoms with Gasteiger partial charge in [0.2, 0.25) is 5.75 Å². The summed E-state index contributed by atoms with van der Waals surface area (Å²) in [6.07, 6.45) is -3.48. The van der Waals surface area contributed by atoms with Gasteiger partial charge in [-0.25, -0.2) is 0 Å². The molecule has 1 fully saturated rings. The first-order chi connectivity index (χ1) is 19.8. The fourth-order valence-electron chi connectivity index (χ4n) is 3.69. The van der Waals surface area contributed by atoms with Gasteiger partial charge in [0.15, 0.2) is 17.3 Å². The Bertz CT molecular complexity index is 1660. The van der Waals surface area contributed by atoms with E-state index in [1.54, 1.807) is 0 Å². The Morgan fingerprint density at radius 3 is 2.21 bits per heavy atom. The molecule has 1 aliphatic rings. The largest absolute Gasteiger partial charge is 0.493 e. The summed E-state index contributed by atoms with van der Waals surface area (Å²) in [7, 11) is 1.24. The molecule has 0 aromatic heterocycles. The number of Topliss-reactive ketones (excluding diaryl/α,β-unsaturated/α-hetero) is 1. The fourth-order valence-corrected chi connectivity index (χ4v) is 4.53. The third-order valence-corrected chi connectivity index (χ3v) is 6.67. The second kappa shape index (κ2) is 11.7. The second-order valence-corrected chi connectivity index (χ2v) is 9.44. The SMILES string of the molecule is COc1cc(/C=C2/SC(=O)N(CC(=O)c3ccc([N+](=O)[O-])cc3)C2=O)ccc1Oc1ccc(C(F)(F)F)cc1[N+](=O)[O-]. The summed E-state index contributed by atoms with van der Waals surface area (Å²) in [6, 6.07) is 10.5. The van der Waals surface area contributed by atoms with Gasteiger partial charge in [-0.3, -0.25) is 39.5 Å². The summed E-state index contributed by atoms with van der Waals surface area (Å²) in [6.45, 7) is -0.595. The number of carbonyl (C=O) groups excluding carboxylic acids is 3. The average molecular weight is 603 g/mol. The van der Waals surface area contributed by atoms with Crippen molar-refractivity contribution in [2.45, 2.75) is 6.18 Å². The van der Waals surface area contributed by atoms with Gasteiger partial charge in [-0.1, -0.05) is 6.07 Å². The van der Waals surface area contributed by atoms with E-state index in [-0.39, 0.29) is 27.7 Å². The minimum absolute atomic E-state index is 0.00511. The number of benzene rings is 3. The molecule has 0 atom stereocenters. The number of hydrogen-bond donors (Lipinski definition) is 0. The van der Waals surface area contributed by atoms with Gasteiger partial charge >= 0.3 is 11.9 Å². The highest BCUT2D eigenvalue weighted by molar-refractivity contribution is 8.18. The summed E-state index contributed by atoms with van der Waals surface area (Å²) in [5, 5.41) is 21.4. The Morgan fingerprint density at radius 1 is 0.952 bits per heavy atom. The van der Waals surface area contributed by atoms with Crippen LogP contribution in [-0.2, 0) is 11.0 Å². The first-order valence-corrected chi connectivity index (χ1v) is 12.3. The van der Waals surface area contributed by atoms with E-state index in [0.29, 0.717) is 29.5 Å². The monoisotopic (exact) mass is 603 g/mol. The molecule has 12 nitrogen and oxygen atoms in total. The van der Waals surface area contributed by atoms with Gasteiger partial charge in [0.1, 0.15) is 0 Å². The maximum absolute atomic E-state index is 13.0. The molecule has 4 rings (SSSR count). The predicted octanol–water partition coefficient (Wildman–Crippen LogP) is 6.24. The van der Waals surface area contributed by atoms with Crippen molar-refractivity contribution >= 4 is 46.1 Å². The van der Waals surface area contributed by atoms with Crippen LogP contribution in [-0.4, -0.2) is 45.3 Å². The average Bonchev–Trinajstić information content (AvgIpc) is 3.20. The molecule has 0 aliphatic carbocycles. The number of amides is 2. The molecule has 3 aromatic carbocycles. The number of ketones is 1. The van der Waals surface area contributed by atoms with E-state index in [0.717, 1.165) is 23.1 Å². The highest BCUT2D eigenvalue weighted by Crippen LogP contribution is 2.41. The van der Waals surface area contributed by atoms with Crippen molar-refractivity contribution in [2.24, 2.45) is 0 Å². The molecule has 0 unspecified atom stereocenters. The highest BCUT2D eigenvalue weighted by atomic mass is 32.2. The lowest BCUT2D eigenvalue weighted by Gasteiger charge is -2.13. The van der Waals surface area contributed by atoms with Crippen molar-refractivity contribution < 1.29 is 46.9 Å². The summed E-state index contributed by atoms with van der Waals surface area (Å²) in [4.78, 5) is 59.1. The molecule has 0 N–H and O–H groups in total. The first kappa shape index (κ1) is 29.7. The maximum atomic E-state index is 13.0. The number of thioether (sulfide) groups is 1. The van der Waals surface area contributed by atoms with Crippen LogP contribution in [0.1, 0.15) is 21.5 Å². The molecule has 42 heavy (non-hydrogen) atoms. The first-order valence-electron chi connectivity index (χ1n) is 11.5. The van der Waals surface area contributed by atoms with E-state index in [9.17, 15) is 47.8 Å². The van der Waals surface area contributed by atoms with Crippen molar-refractivity contribution in [1.29, 1.82) is 0 Å². The van der Waals surface area contributed by atoms with Gasteiger partial charge in [-0.05, 0) is 59.8 Å². The van der Waals surface area contributed by atoms with E-state index >= 15 is 0 Å². The lowest BCUT2D eigenvalue weighted by atomic mass is 10.1. The van der Waals surface area contributed by atoms with Gasteiger partial charge in [-0.15, -0.1) is 0 Å². The summed E-state index contributed by atoms with van der Waals surface area (Å²) < 4.78 is 49.7. The van der Waals surface area contributed by atoms with Gasteiger partial charge in [0, 0.05) is 23.8 Å². The number of hydrogen-bond acceptors (Lipinski definition) is 10. The van der Waals surface area contributed by atoms with Crippen LogP contribution >= 0.6 is 11.8 Å². The van der Waals surface area contributed by atoms with Crippen LogP contribution in [0.4, 0.5) is 29.3 Å². The molecule has 16 heteroatoms. The number of imide groups is 1. The van der Waals surface area contributed by atoms with Crippen molar-refractivity contribution in [1.82, 2.24) is 4.90 Å². The number of nitrogens with zero attached hydrogens (tertiary/aromatic N) is 3. The molecule has 0 spiro atoms. The number of nitro groups is 2. The standard InChI is InChI=1S/C26H16F3N3O9S/c1-40-22-10-14(2-8-21(22)41-20-9-5-16(26(27,28)29)12-18(20)32(38)39)11-23-24(34)30(25(35)42-23)13-19(33)15-3-6-17(7-4-15)31(36)37/h2-12H,13H2,1H3/b23-11+. The fraction of sp³-hybridized carbons (Fsp3) is 0.115. The number of methoxy groups -OCH3 is 1. The van der Waals surface area contributed by atoms with Crippen molar-refractivity contribution in [3.05, 3.63) is 102 Å². The molecule has 3 aromatic rings. The Kier molecular flexibility index (Phi) is 8.28. The molecule has 2 amide bonds. The Hall–Kier alpha value is -5.25. The molecule has 1 saturated heterocycles. The number of carbonyl (C=O) groups is 3. The summed E-state index contributed by atoms with van der Waals surface area (Å²) in [5.74, 6) is -1.93. The lowest BCUT2D eigenvalue weighted by Crippen LogP contribution is -2.33. The zero-order valence-corrected chi connectivity index (χ0v) is 21.9. The molecule has 0 radical (unpaired) electrons. The van der Waals surface area contributed by atoms with Gasteiger partial charge in [0.05, 0.1) is 34.0 Å². The Labute approximate surface area is 237 Å². The zero-order valence-electron chi connectivity index (χ0n) is 21.1. The van der Waals surface area contributed by atoms with Crippen LogP contribution in [0.25, 0.3) is 6.08 Å². The Balaban J connectivity index is 1.53. The minimum Gasteiger partial charge on any atom is -0.493 e. The quantitative estimate of drug-likeness (QED) is 0.119. The normalized spacial score (nSPS) is 14.3. The lowest BCUT2D eigenvalue weighted by molar-refractivity contribution is -0.385. The van der Waals surface area contributed by atoms with Crippen molar-refractivity contribution in [3.63, 3.8) is 0 Å². The molecule has 0 saturated carbocycles. The number of nitro benzene ring substituents is 2. The zero-order chi connectivity index (χ0) is 30.8. The molecular formula is C26H16F3N3O9S. The maximum Gasteiger partial charge on any atom is 0.416 e. The van der Waals surface area contributed by atoms with Crippen LogP contribution in [0.15, 0.2) is 65.6 Å². The molecular weight excluding hydrogens is 587 g/mol. The number of alkyl halides is 3. The van der Waals surface area contributed by atoms with Crippen LogP contribution < -0.4 is 9.47 Å². The number of halogens is 3. The van der Waals surface area contributed by atoms with Crippen molar-refractivity contribution in [3.8, 4) is 17.2 Å². The van der Waals surface area contributed by atoms with Crippen LogP contribution in [0, 0.1) is 20.2 Å².